The third-order valence-corrected chi connectivity index (χ3v) is 4.73. The van der Waals surface area contributed by atoms with Crippen LogP contribution in [0, 0.1) is 0 Å². The normalized spacial score (nSPS) is 22.4. The monoisotopic (exact) mass is 331 g/mol. The van der Waals surface area contributed by atoms with Crippen molar-refractivity contribution in [3.8, 4) is 0 Å². The number of carbonyl (C=O) groups is 2. The lowest BCUT2D eigenvalue weighted by molar-refractivity contribution is -0.145. The summed E-state index contributed by atoms with van der Waals surface area (Å²) in [6.45, 7) is 5.00. The summed E-state index contributed by atoms with van der Waals surface area (Å²) in [5.74, 6) is 0.00948. The first-order valence-corrected chi connectivity index (χ1v) is 8.64. The van der Waals surface area contributed by atoms with Crippen LogP contribution < -0.4 is 5.32 Å². The van der Waals surface area contributed by atoms with Gasteiger partial charge in [-0.1, -0.05) is 30.3 Å². The van der Waals surface area contributed by atoms with E-state index in [9.17, 15) is 9.59 Å². The number of hydrogen-bond donors (Lipinski definition) is 1. The van der Waals surface area contributed by atoms with Gasteiger partial charge in [0.25, 0.3) is 5.91 Å². The van der Waals surface area contributed by atoms with Crippen molar-refractivity contribution in [1.82, 2.24) is 15.1 Å². The number of hydrogen-bond acceptors (Lipinski definition) is 3. The van der Waals surface area contributed by atoms with Crippen LogP contribution in [0.4, 0.5) is 4.79 Å². The molecule has 0 unspecified atom stereocenters. The molecule has 6 nitrogen and oxygen atoms in total. The summed E-state index contributed by atoms with van der Waals surface area (Å²) in [5.41, 5.74) is 1.06. The third-order valence-electron chi connectivity index (χ3n) is 4.73. The molecular weight excluding hydrogens is 306 g/mol. The number of benzene rings is 1. The minimum atomic E-state index is -0.476. The highest BCUT2D eigenvalue weighted by Gasteiger charge is 2.34. The fraction of sp³-hybridized carbons (Fsp3) is 0.556. The molecule has 3 rings (SSSR count). The minimum absolute atomic E-state index is 0.00948. The van der Waals surface area contributed by atoms with Crippen LogP contribution in [0.2, 0.25) is 0 Å². The fourth-order valence-corrected chi connectivity index (χ4v) is 3.37. The Morgan fingerprint density at radius 2 is 2.12 bits per heavy atom. The molecule has 2 aliphatic rings. The Balaban J connectivity index is 1.52. The zero-order valence-electron chi connectivity index (χ0n) is 14.1. The van der Waals surface area contributed by atoms with E-state index in [2.05, 4.69) is 5.32 Å². The molecule has 1 aromatic carbocycles. The van der Waals surface area contributed by atoms with E-state index in [0.717, 1.165) is 31.5 Å². The molecule has 2 atom stereocenters. The average Bonchev–Trinajstić information content (AvgIpc) is 3.06. The van der Waals surface area contributed by atoms with Crippen LogP contribution >= 0.6 is 0 Å². The Hall–Kier alpha value is -2.08. The number of amides is 3. The standard InChI is InChI=1S/C18H25N3O3/c1-14(24-13-15-6-3-2-4-7-15)17(22)20-10-5-8-16(12-20)21-11-9-19-18(21)23/h2-4,6-7,14,16H,5,8-13H2,1H3,(H,19,23)/t14-,16+/m1/s1. The van der Waals surface area contributed by atoms with Crippen molar-refractivity contribution in [2.45, 2.75) is 38.5 Å². The molecule has 1 aromatic rings. The maximum atomic E-state index is 12.6. The number of urea groups is 1. The number of piperidine rings is 1. The molecule has 0 radical (unpaired) electrons. The number of nitrogens with one attached hydrogen (secondary N) is 1. The van der Waals surface area contributed by atoms with Gasteiger partial charge >= 0.3 is 6.03 Å². The third kappa shape index (κ3) is 3.87. The second-order valence-corrected chi connectivity index (χ2v) is 6.44. The van der Waals surface area contributed by atoms with Crippen LogP contribution in [0.1, 0.15) is 25.3 Å². The predicted molar refractivity (Wildman–Crippen MR) is 90.4 cm³/mol. The first-order valence-electron chi connectivity index (χ1n) is 8.64. The number of nitrogens with zero attached hydrogens (tertiary/aromatic N) is 2. The van der Waals surface area contributed by atoms with Crippen molar-refractivity contribution >= 4 is 11.9 Å². The second kappa shape index (κ2) is 7.66. The molecular formula is C18H25N3O3. The van der Waals surface area contributed by atoms with E-state index in [1.54, 1.807) is 6.92 Å². The number of ether oxygens (including phenoxy) is 1. The van der Waals surface area contributed by atoms with Crippen LogP contribution in [0.3, 0.4) is 0 Å². The molecule has 2 fully saturated rings. The zero-order valence-corrected chi connectivity index (χ0v) is 14.1. The Morgan fingerprint density at radius 1 is 1.33 bits per heavy atom. The first kappa shape index (κ1) is 16.8. The van der Waals surface area contributed by atoms with Crippen molar-refractivity contribution in [2.24, 2.45) is 0 Å². The summed E-state index contributed by atoms with van der Waals surface area (Å²) in [4.78, 5) is 28.2. The molecule has 0 aliphatic carbocycles. The molecule has 3 amide bonds. The van der Waals surface area contributed by atoms with Gasteiger partial charge in [-0.2, -0.15) is 0 Å². The molecule has 2 aliphatic heterocycles. The predicted octanol–water partition coefficient (Wildman–Crippen LogP) is 1.61. The Labute approximate surface area is 142 Å². The van der Waals surface area contributed by atoms with Gasteiger partial charge in [-0.05, 0) is 25.3 Å². The summed E-state index contributed by atoms with van der Waals surface area (Å²) in [7, 11) is 0. The van der Waals surface area contributed by atoms with Crippen LogP contribution in [-0.2, 0) is 16.1 Å². The zero-order chi connectivity index (χ0) is 16.9. The molecule has 2 saturated heterocycles. The van der Waals surface area contributed by atoms with Crippen LogP contribution in [0.15, 0.2) is 30.3 Å². The molecule has 2 heterocycles. The van der Waals surface area contributed by atoms with Gasteiger partial charge in [0.2, 0.25) is 0 Å². The lowest BCUT2D eigenvalue weighted by Gasteiger charge is -2.38. The van der Waals surface area contributed by atoms with E-state index >= 15 is 0 Å². The van der Waals surface area contributed by atoms with Gasteiger partial charge in [0.1, 0.15) is 6.10 Å². The van der Waals surface area contributed by atoms with Crippen molar-refractivity contribution < 1.29 is 14.3 Å². The quantitative estimate of drug-likeness (QED) is 0.892. The highest BCUT2D eigenvalue weighted by Crippen LogP contribution is 2.19. The van der Waals surface area contributed by atoms with Crippen molar-refractivity contribution in [1.29, 1.82) is 0 Å². The minimum Gasteiger partial charge on any atom is -0.364 e. The Kier molecular flexibility index (Phi) is 5.35. The second-order valence-electron chi connectivity index (χ2n) is 6.44. The van der Waals surface area contributed by atoms with Crippen molar-refractivity contribution in [2.75, 3.05) is 26.2 Å². The lowest BCUT2D eigenvalue weighted by atomic mass is 10.0. The van der Waals surface area contributed by atoms with Crippen LogP contribution in [0.25, 0.3) is 0 Å². The van der Waals surface area contributed by atoms with E-state index in [0.29, 0.717) is 19.7 Å². The smallest absolute Gasteiger partial charge is 0.317 e. The molecule has 6 heteroatoms. The molecule has 0 spiro atoms. The van der Waals surface area contributed by atoms with Crippen molar-refractivity contribution in [3.63, 3.8) is 0 Å². The van der Waals surface area contributed by atoms with Gasteiger partial charge in [-0.3, -0.25) is 4.79 Å². The van der Waals surface area contributed by atoms with E-state index in [-0.39, 0.29) is 18.0 Å². The fourth-order valence-electron chi connectivity index (χ4n) is 3.37. The lowest BCUT2D eigenvalue weighted by Crippen LogP contribution is -2.52. The largest absolute Gasteiger partial charge is 0.364 e. The highest BCUT2D eigenvalue weighted by atomic mass is 16.5. The van der Waals surface area contributed by atoms with Crippen molar-refractivity contribution in [3.05, 3.63) is 35.9 Å². The maximum Gasteiger partial charge on any atom is 0.317 e. The van der Waals surface area contributed by atoms with Gasteiger partial charge < -0.3 is 19.9 Å². The highest BCUT2D eigenvalue weighted by molar-refractivity contribution is 5.81. The molecule has 1 N–H and O–H groups in total. The van der Waals surface area contributed by atoms with E-state index in [4.69, 9.17) is 4.74 Å². The summed E-state index contributed by atoms with van der Waals surface area (Å²) < 4.78 is 5.74. The van der Waals surface area contributed by atoms with Gasteiger partial charge in [0.15, 0.2) is 0 Å². The van der Waals surface area contributed by atoms with Gasteiger partial charge in [0, 0.05) is 26.2 Å². The molecule has 24 heavy (non-hydrogen) atoms. The Bertz CT molecular complexity index is 578. The maximum absolute atomic E-state index is 12.6. The van der Waals surface area contributed by atoms with E-state index in [1.165, 1.54) is 0 Å². The van der Waals surface area contributed by atoms with E-state index < -0.39 is 6.10 Å². The van der Waals surface area contributed by atoms with Crippen LogP contribution in [0.5, 0.6) is 0 Å². The molecule has 130 valence electrons. The number of carbonyl (C=O) groups excluding carboxylic acids is 2. The average molecular weight is 331 g/mol. The Morgan fingerprint density at radius 3 is 2.83 bits per heavy atom. The topological polar surface area (TPSA) is 61.9 Å². The SMILES string of the molecule is C[C@@H](OCc1ccccc1)C(=O)N1CCC[C@H](N2CCNC2=O)C1. The first-order chi connectivity index (χ1) is 11.6. The summed E-state index contributed by atoms with van der Waals surface area (Å²) in [6.07, 6.45) is 1.40. The molecule has 0 bridgehead atoms. The number of likely N-dealkylation sites (tertiary alicyclic amines) is 1. The number of rotatable bonds is 5. The van der Waals surface area contributed by atoms with Crippen LogP contribution in [-0.4, -0.2) is 60.1 Å². The van der Waals surface area contributed by atoms with Gasteiger partial charge in [-0.25, -0.2) is 4.79 Å². The van der Waals surface area contributed by atoms with E-state index in [1.807, 2.05) is 40.1 Å². The summed E-state index contributed by atoms with van der Waals surface area (Å²) in [6, 6.07) is 9.96. The summed E-state index contributed by atoms with van der Waals surface area (Å²) in [5, 5.41) is 2.83. The molecule has 0 aromatic heterocycles. The van der Waals surface area contributed by atoms with Gasteiger partial charge in [-0.15, -0.1) is 0 Å². The van der Waals surface area contributed by atoms with Gasteiger partial charge in [0.05, 0.1) is 12.6 Å². The summed E-state index contributed by atoms with van der Waals surface area (Å²) >= 11 is 0. The molecule has 0 saturated carbocycles.